The molecule has 0 saturated heterocycles. The summed E-state index contributed by atoms with van der Waals surface area (Å²) < 4.78 is 38.7. The zero-order valence-electron chi connectivity index (χ0n) is 21.6. The molecule has 1 amide bonds. The van der Waals surface area contributed by atoms with Gasteiger partial charge in [0.05, 0.1) is 4.90 Å². The molecule has 8 nitrogen and oxygen atoms in total. The molecule has 0 atom stereocenters. The number of ether oxygens (including phenoxy) is 2. The second kappa shape index (κ2) is 14.5. The van der Waals surface area contributed by atoms with E-state index in [1.54, 1.807) is 36.4 Å². The van der Waals surface area contributed by atoms with Gasteiger partial charge in [0.2, 0.25) is 10.0 Å². The van der Waals surface area contributed by atoms with Crippen molar-refractivity contribution in [1.29, 1.82) is 0 Å². The van der Waals surface area contributed by atoms with E-state index < -0.39 is 15.9 Å². The first-order valence-corrected chi connectivity index (χ1v) is 14.3. The van der Waals surface area contributed by atoms with Crippen molar-refractivity contribution in [3.8, 4) is 11.5 Å². The second-order valence-corrected chi connectivity index (χ2v) is 10.7. The lowest BCUT2D eigenvalue weighted by molar-refractivity contribution is 0.0977. The fourth-order valence-corrected chi connectivity index (χ4v) is 5.45. The lowest BCUT2D eigenvalue weighted by Crippen LogP contribution is -2.34. The molecule has 3 aromatic carbocycles. The van der Waals surface area contributed by atoms with Crippen molar-refractivity contribution in [3.63, 3.8) is 0 Å². The van der Waals surface area contributed by atoms with Gasteiger partial charge in [0.1, 0.15) is 24.7 Å². The van der Waals surface area contributed by atoms with Gasteiger partial charge >= 0.3 is 0 Å². The van der Waals surface area contributed by atoms with Crippen LogP contribution in [0.15, 0.2) is 83.8 Å². The van der Waals surface area contributed by atoms with E-state index in [1.165, 1.54) is 16.4 Å². The van der Waals surface area contributed by atoms with Gasteiger partial charge in [0.25, 0.3) is 5.91 Å². The van der Waals surface area contributed by atoms with Gasteiger partial charge in [0.15, 0.2) is 5.11 Å². The first kappa shape index (κ1) is 29.1. The predicted octanol–water partition coefficient (Wildman–Crippen LogP) is 5.08. The molecular formula is C28H33N3O5S2. The third-order valence-corrected chi connectivity index (χ3v) is 7.50. The topological polar surface area (TPSA) is 97.0 Å². The lowest BCUT2D eigenvalue weighted by atomic mass is 10.2. The Hall–Kier alpha value is -3.47. The molecule has 0 aliphatic rings. The van der Waals surface area contributed by atoms with Crippen LogP contribution < -0.4 is 20.1 Å². The summed E-state index contributed by atoms with van der Waals surface area (Å²) in [5.41, 5.74) is 0.936. The fourth-order valence-electron chi connectivity index (χ4n) is 3.61. The molecule has 0 unspecified atom stereocenters. The highest BCUT2D eigenvalue weighted by atomic mass is 32.2. The SMILES string of the molecule is CCCN(CCC)S(=O)(=O)c1ccc(NC(=S)NC(=O)c2cccc(OCCOc3ccccc3)c2)cc1. The average molecular weight is 556 g/mol. The molecule has 0 radical (unpaired) electrons. The van der Waals surface area contributed by atoms with Crippen molar-refractivity contribution in [1.82, 2.24) is 9.62 Å². The van der Waals surface area contributed by atoms with E-state index in [0.717, 1.165) is 18.6 Å². The van der Waals surface area contributed by atoms with Gasteiger partial charge in [-0.05, 0) is 79.7 Å². The molecule has 202 valence electrons. The normalized spacial score (nSPS) is 11.1. The van der Waals surface area contributed by atoms with E-state index >= 15 is 0 Å². The van der Waals surface area contributed by atoms with E-state index in [-0.39, 0.29) is 10.0 Å². The molecule has 38 heavy (non-hydrogen) atoms. The average Bonchev–Trinajstić information content (AvgIpc) is 2.92. The number of rotatable bonds is 13. The van der Waals surface area contributed by atoms with Crippen LogP contribution in [0, 0.1) is 0 Å². The number of carbonyl (C=O) groups is 1. The van der Waals surface area contributed by atoms with E-state index in [1.807, 2.05) is 44.2 Å². The van der Waals surface area contributed by atoms with Gasteiger partial charge in [-0.3, -0.25) is 10.1 Å². The molecule has 3 aromatic rings. The summed E-state index contributed by atoms with van der Waals surface area (Å²) >= 11 is 5.28. The molecule has 3 rings (SSSR count). The Bertz CT molecular complexity index is 1290. The zero-order chi connectivity index (χ0) is 27.4. The summed E-state index contributed by atoms with van der Waals surface area (Å²) in [6.45, 7) is 5.53. The molecule has 0 aromatic heterocycles. The van der Waals surface area contributed by atoms with Crippen molar-refractivity contribution >= 4 is 38.9 Å². The van der Waals surface area contributed by atoms with Crippen molar-refractivity contribution in [2.24, 2.45) is 0 Å². The summed E-state index contributed by atoms with van der Waals surface area (Å²) in [5, 5.41) is 5.64. The van der Waals surface area contributed by atoms with E-state index in [9.17, 15) is 13.2 Å². The van der Waals surface area contributed by atoms with Gasteiger partial charge < -0.3 is 14.8 Å². The maximum atomic E-state index is 12.9. The lowest BCUT2D eigenvalue weighted by Gasteiger charge is -2.21. The molecule has 0 bridgehead atoms. The van der Waals surface area contributed by atoms with Crippen molar-refractivity contribution in [2.45, 2.75) is 31.6 Å². The number of anilines is 1. The van der Waals surface area contributed by atoms with Crippen LogP contribution in [-0.4, -0.2) is 50.0 Å². The Labute approximate surface area is 230 Å². The van der Waals surface area contributed by atoms with Crippen LogP contribution in [0.4, 0.5) is 5.69 Å². The highest BCUT2D eigenvalue weighted by Crippen LogP contribution is 2.19. The molecule has 0 aliphatic carbocycles. The molecule has 0 aliphatic heterocycles. The Morgan fingerprint density at radius 3 is 2.08 bits per heavy atom. The number of benzene rings is 3. The highest BCUT2D eigenvalue weighted by Gasteiger charge is 2.22. The van der Waals surface area contributed by atoms with Gasteiger partial charge in [-0.1, -0.05) is 38.1 Å². The van der Waals surface area contributed by atoms with Gasteiger partial charge in [-0.2, -0.15) is 4.31 Å². The Kier molecular flexibility index (Phi) is 11.1. The second-order valence-electron chi connectivity index (χ2n) is 8.37. The Balaban J connectivity index is 1.52. The van der Waals surface area contributed by atoms with Gasteiger partial charge in [0, 0.05) is 24.3 Å². The van der Waals surface area contributed by atoms with E-state index in [4.69, 9.17) is 21.7 Å². The van der Waals surface area contributed by atoms with Crippen molar-refractivity contribution < 1.29 is 22.7 Å². The van der Waals surface area contributed by atoms with Crippen LogP contribution in [0.1, 0.15) is 37.0 Å². The monoisotopic (exact) mass is 555 g/mol. The van der Waals surface area contributed by atoms with Crippen LogP contribution in [0.25, 0.3) is 0 Å². The zero-order valence-corrected chi connectivity index (χ0v) is 23.2. The maximum Gasteiger partial charge on any atom is 0.257 e. The summed E-state index contributed by atoms with van der Waals surface area (Å²) in [5.74, 6) is 0.893. The number of nitrogens with one attached hydrogen (secondary N) is 2. The van der Waals surface area contributed by atoms with E-state index in [2.05, 4.69) is 10.6 Å². The molecule has 2 N–H and O–H groups in total. The van der Waals surface area contributed by atoms with Crippen LogP contribution >= 0.6 is 12.2 Å². The number of thiocarbonyl (C=S) groups is 1. The number of hydrogen-bond acceptors (Lipinski definition) is 6. The third kappa shape index (κ3) is 8.54. The Morgan fingerprint density at radius 1 is 0.842 bits per heavy atom. The molecule has 0 heterocycles. The number of sulfonamides is 1. The van der Waals surface area contributed by atoms with Gasteiger partial charge in [-0.15, -0.1) is 0 Å². The van der Waals surface area contributed by atoms with Gasteiger partial charge in [-0.25, -0.2) is 8.42 Å². The molecule has 0 spiro atoms. The number of para-hydroxylation sites is 1. The standard InChI is InChI=1S/C28H33N3O5S2/c1-3-17-31(18-4-2)38(33,34)26-15-13-23(14-16-26)29-28(37)30-27(32)22-9-8-12-25(21-22)36-20-19-35-24-10-6-5-7-11-24/h5-16,21H,3-4,17-20H2,1-2H3,(H2,29,30,32,37). The van der Waals surface area contributed by atoms with Crippen molar-refractivity contribution in [2.75, 3.05) is 31.6 Å². The summed E-state index contributed by atoms with van der Waals surface area (Å²) in [6.07, 6.45) is 1.48. The maximum absolute atomic E-state index is 12.9. The summed E-state index contributed by atoms with van der Waals surface area (Å²) in [7, 11) is -3.57. The van der Waals surface area contributed by atoms with Crippen LogP contribution in [0.3, 0.4) is 0 Å². The highest BCUT2D eigenvalue weighted by molar-refractivity contribution is 7.89. The van der Waals surface area contributed by atoms with Crippen LogP contribution in [0.5, 0.6) is 11.5 Å². The van der Waals surface area contributed by atoms with Crippen LogP contribution in [-0.2, 0) is 10.0 Å². The summed E-state index contributed by atoms with van der Waals surface area (Å²) in [6, 6.07) is 22.5. The predicted molar refractivity (Wildman–Crippen MR) is 153 cm³/mol. The first-order chi connectivity index (χ1) is 18.3. The van der Waals surface area contributed by atoms with Crippen LogP contribution in [0.2, 0.25) is 0 Å². The Morgan fingerprint density at radius 2 is 1.45 bits per heavy atom. The minimum atomic E-state index is -3.57. The number of carbonyl (C=O) groups excluding carboxylic acids is 1. The summed E-state index contributed by atoms with van der Waals surface area (Å²) in [4.78, 5) is 12.9. The number of hydrogen-bond donors (Lipinski definition) is 2. The minimum Gasteiger partial charge on any atom is -0.490 e. The quantitative estimate of drug-likeness (QED) is 0.224. The third-order valence-electron chi connectivity index (χ3n) is 5.38. The van der Waals surface area contributed by atoms with Crippen molar-refractivity contribution in [3.05, 3.63) is 84.4 Å². The fraction of sp³-hybridized carbons (Fsp3) is 0.286. The largest absolute Gasteiger partial charge is 0.490 e. The first-order valence-electron chi connectivity index (χ1n) is 12.5. The molecule has 10 heteroatoms. The molecule has 0 fully saturated rings. The number of amides is 1. The minimum absolute atomic E-state index is 0.0896. The molecule has 0 saturated carbocycles. The smallest absolute Gasteiger partial charge is 0.257 e. The number of nitrogens with zero attached hydrogens (tertiary/aromatic N) is 1. The molecular weight excluding hydrogens is 522 g/mol. The van der Waals surface area contributed by atoms with E-state index in [0.29, 0.717) is 43.3 Å².